The van der Waals surface area contributed by atoms with Crippen molar-refractivity contribution in [2.75, 3.05) is 6.54 Å². The average molecular weight is 271 g/mol. The summed E-state index contributed by atoms with van der Waals surface area (Å²) in [7, 11) is 0. The molecule has 2 aliphatic carbocycles. The fraction of sp³-hybridized carbons (Fsp3) is 0.684. The Morgan fingerprint density at radius 2 is 2.00 bits per heavy atom. The molecule has 3 rings (SSSR count). The van der Waals surface area contributed by atoms with Gasteiger partial charge in [0.2, 0.25) is 0 Å². The number of fused-ring (bicyclic) bond motifs is 2. The molecule has 2 saturated carbocycles. The summed E-state index contributed by atoms with van der Waals surface area (Å²) in [5.74, 6) is 2.98. The van der Waals surface area contributed by atoms with Crippen LogP contribution in [0, 0.1) is 31.6 Å². The van der Waals surface area contributed by atoms with Crippen molar-refractivity contribution in [3.05, 3.63) is 34.9 Å². The number of likely N-dealkylation sites (N-methyl/N-ethyl adjacent to an activating group) is 1. The number of benzene rings is 1. The summed E-state index contributed by atoms with van der Waals surface area (Å²) in [5, 5.41) is 3.79. The monoisotopic (exact) mass is 271 g/mol. The van der Waals surface area contributed by atoms with Crippen molar-refractivity contribution >= 4 is 0 Å². The molecule has 20 heavy (non-hydrogen) atoms. The minimum absolute atomic E-state index is 0.692. The van der Waals surface area contributed by atoms with E-state index in [-0.39, 0.29) is 0 Å². The van der Waals surface area contributed by atoms with Crippen LogP contribution in [0.25, 0.3) is 0 Å². The molecule has 2 fully saturated rings. The van der Waals surface area contributed by atoms with Gasteiger partial charge in [-0.25, -0.2) is 0 Å². The Morgan fingerprint density at radius 3 is 2.60 bits per heavy atom. The molecule has 0 heterocycles. The lowest BCUT2D eigenvalue weighted by molar-refractivity contribution is 0.249. The van der Waals surface area contributed by atoms with Gasteiger partial charge in [-0.2, -0.15) is 0 Å². The molecule has 2 aliphatic rings. The van der Waals surface area contributed by atoms with E-state index in [2.05, 4.69) is 44.3 Å². The highest BCUT2D eigenvalue weighted by molar-refractivity contribution is 5.30. The lowest BCUT2D eigenvalue weighted by Gasteiger charge is -2.31. The standard InChI is InChI=1S/C19H29N/c1-4-20-19(18-11-16-7-8-17(18)10-16)12-15-6-5-13(2)14(3)9-15/h5-6,9,16-20H,4,7-8,10-12H2,1-3H3. The average Bonchev–Trinajstić information content (AvgIpc) is 3.05. The van der Waals surface area contributed by atoms with Crippen LogP contribution in [-0.4, -0.2) is 12.6 Å². The number of nitrogens with one attached hydrogen (secondary N) is 1. The second-order valence-corrected chi connectivity index (χ2v) is 7.13. The van der Waals surface area contributed by atoms with E-state index in [1.54, 1.807) is 0 Å². The Labute approximate surface area is 124 Å². The van der Waals surface area contributed by atoms with Crippen LogP contribution in [0.1, 0.15) is 49.3 Å². The molecule has 1 aromatic rings. The second kappa shape index (κ2) is 5.89. The molecule has 1 aromatic carbocycles. The van der Waals surface area contributed by atoms with Gasteiger partial charge in [0.1, 0.15) is 0 Å². The minimum atomic E-state index is 0.692. The molecular formula is C19H29N. The maximum atomic E-state index is 3.79. The molecule has 110 valence electrons. The molecule has 0 saturated heterocycles. The van der Waals surface area contributed by atoms with Crippen molar-refractivity contribution in [2.24, 2.45) is 17.8 Å². The number of rotatable bonds is 5. The van der Waals surface area contributed by atoms with Crippen LogP contribution < -0.4 is 5.32 Å². The molecule has 0 aliphatic heterocycles. The zero-order valence-corrected chi connectivity index (χ0v) is 13.3. The SMILES string of the molecule is CCNC(Cc1ccc(C)c(C)c1)C1CC2CCC1C2. The molecule has 0 aromatic heterocycles. The van der Waals surface area contributed by atoms with Gasteiger partial charge in [0, 0.05) is 6.04 Å². The summed E-state index contributed by atoms with van der Waals surface area (Å²) < 4.78 is 0. The summed E-state index contributed by atoms with van der Waals surface area (Å²) in [6.07, 6.45) is 7.20. The van der Waals surface area contributed by atoms with Crippen LogP contribution in [0.3, 0.4) is 0 Å². The number of hydrogen-bond acceptors (Lipinski definition) is 1. The van der Waals surface area contributed by atoms with Crippen molar-refractivity contribution < 1.29 is 0 Å². The van der Waals surface area contributed by atoms with E-state index in [1.807, 2.05) is 0 Å². The zero-order chi connectivity index (χ0) is 14.1. The Hall–Kier alpha value is -0.820. The van der Waals surface area contributed by atoms with Gasteiger partial charge in [0.05, 0.1) is 0 Å². The highest BCUT2D eigenvalue weighted by Crippen LogP contribution is 2.49. The summed E-state index contributed by atoms with van der Waals surface area (Å²) in [5.41, 5.74) is 4.36. The van der Waals surface area contributed by atoms with Gasteiger partial charge < -0.3 is 5.32 Å². The molecule has 2 bridgehead atoms. The fourth-order valence-corrected chi connectivity index (χ4v) is 4.61. The first-order chi connectivity index (χ1) is 9.67. The van der Waals surface area contributed by atoms with Crippen LogP contribution >= 0.6 is 0 Å². The minimum Gasteiger partial charge on any atom is -0.314 e. The van der Waals surface area contributed by atoms with Crippen molar-refractivity contribution in [1.82, 2.24) is 5.32 Å². The van der Waals surface area contributed by atoms with Crippen LogP contribution in [0.15, 0.2) is 18.2 Å². The van der Waals surface area contributed by atoms with E-state index >= 15 is 0 Å². The predicted molar refractivity (Wildman–Crippen MR) is 86.0 cm³/mol. The highest BCUT2D eigenvalue weighted by Gasteiger charge is 2.42. The molecular weight excluding hydrogens is 242 g/mol. The Morgan fingerprint density at radius 1 is 1.15 bits per heavy atom. The van der Waals surface area contributed by atoms with Crippen molar-refractivity contribution in [3.63, 3.8) is 0 Å². The first-order valence-electron chi connectivity index (χ1n) is 8.47. The van der Waals surface area contributed by atoms with E-state index in [9.17, 15) is 0 Å². The van der Waals surface area contributed by atoms with Gasteiger partial charge in [0.15, 0.2) is 0 Å². The van der Waals surface area contributed by atoms with Crippen LogP contribution in [0.2, 0.25) is 0 Å². The summed E-state index contributed by atoms with van der Waals surface area (Å²) in [4.78, 5) is 0. The predicted octanol–water partition coefficient (Wildman–Crippen LogP) is 4.26. The van der Waals surface area contributed by atoms with Crippen molar-refractivity contribution in [3.8, 4) is 0 Å². The maximum Gasteiger partial charge on any atom is 0.0138 e. The third-order valence-electron chi connectivity index (χ3n) is 5.80. The molecule has 0 radical (unpaired) electrons. The smallest absolute Gasteiger partial charge is 0.0138 e. The van der Waals surface area contributed by atoms with E-state index in [0.29, 0.717) is 6.04 Å². The van der Waals surface area contributed by atoms with E-state index in [1.165, 1.54) is 48.8 Å². The molecule has 0 amide bonds. The lowest BCUT2D eigenvalue weighted by Crippen LogP contribution is -2.40. The number of aryl methyl sites for hydroxylation is 2. The first kappa shape index (κ1) is 14.1. The van der Waals surface area contributed by atoms with Gasteiger partial charge in [-0.05, 0) is 80.5 Å². The van der Waals surface area contributed by atoms with E-state index in [0.717, 1.165) is 24.3 Å². The normalized spacial score (nSPS) is 29.9. The molecule has 1 heteroatoms. The lowest BCUT2D eigenvalue weighted by atomic mass is 9.80. The van der Waals surface area contributed by atoms with Gasteiger partial charge in [-0.1, -0.05) is 31.5 Å². The molecule has 4 unspecified atom stereocenters. The van der Waals surface area contributed by atoms with Crippen molar-refractivity contribution in [2.45, 2.75) is 58.9 Å². The highest BCUT2D eigenvalue weighted by atomic mass is 14.9. The van der Waals surface area contributed by atoms with Crippen molar-refractivity contribution in [1.29, 1.82) is 0 Å². The summed E-state index contributed by atoms with van der Waals surface area (Å²) in [6.45, 7) is 7.79. The van der Waals surface area contributed by atoms with E-state index in [4.69, 9.17) is 0 Å². The molecule has 1 nitrogen and oxygen atoms in total. The fourth-order valence-electron chi connectivity index (χ4n) is 4.61. The zero-order valence-electron chi connectivity index (χ0n) is 13.3. The van der Waals surface area contributed by atoms with Crippen LogP contribution in [0.5, 0.6) is 0 Å². The third-order valence-corrected chi connectivity index (χ3v) is 5.80. The molecule has 1 N–H and O–H groups in total. The summed E-state index contributed by atoms with van der Waals surface area (Å²) >= 11 is 0. The number of hydrogen-bond donors (Lipinski definition) is 1. The second-order valence-electron chi connectivity index (χ2n) is 7.13. The topological polar surface area (TPSA) is 12.0 Å². The van der Waals surface area contributed by atoms with Gasteiger partial charge in [-0.3, -0.25) is 0 Å². The van der Waals surface area contributed by atoms with Gasteiger partial charge >= 0.3 is 0 Å². The van der Waals surface area contributed by atoms with Crippen LogP contribution in [-0.2, 0) is 6.42 Å². The molecule has 4 atom stereocenters. The Balaban J connectivity index is 1.72. The largest absolute Gasteiger partial charge is 0.314 e. The van der Waals surface area contributed by atoms with E-state index < -0.39 is 0 Å². The summed E-state index contributed by atoms with van der Waals surface area (Å²) in [6, 6.07) is 7.71. The maximum absolute atomic E-state index is 3.79. The van der Waals surface area contributed by atoms with Gasteiger partial charge in [-0.15, -0.1) is 0 Å². The Bertz CT molecular complexity index is 465. The third kappa shape index (κ3) is 2.79. The Kier molecular flexibility index (Phi) is 4.16. The first-order valence-corrected chi connectivity index (χ1v) is 8.47. The quantitative estimate of drug-likeness (QED) is 0.843. The van der Waals surface area contributed by atoms with Crippen LogP contribution in [0.4, 0.5) is 0 Å². The molecule has 0 spiro atoms. The van der Waals surface area contributed by atoms with Gasteiger partial charge in [0.25, 0.3) is 0 Å².